The number of amides is 1. The quantitative estimate of drug-likeness (QED) is 0.845. The van der Waals surface area contributed by atoms with Gasteiger partial charge in [0.25, 0.3) is 5.91 Å². The van der Waals surface area contributed by atoms with Crippen LogP contribution in [-0.2, 0) is 0 Å². The molecule has 0 aliphatic carbocycles. The van der Waals surface area contributed by atoms with Crippen LogP contribution < -0.4 is 0 Å². The lowest BCUT2D eigenvalue weighted by Crippen LogP contribution is -2.32. The number of hydrogen-bond donors (Lipinski definition) is 0. The van der Waals surface area contributed by atoms with Crippen molar-refractivity contribution in [2.45, 2.75) is 11.7 Å². The van der Waals surface area contributed by atoms with Gasteiger partial charge in [-0.1, -0.05) is 0 Å². The molecule has 0 N–H and O–H groups in total. The summed E-state index contributed by atoms with van der Waals surface area (Å²) in [5.41, 5.74) is 0. The third-order valence-corrected chi connectivity index (χ3v) is 4.51. The molecule has 0 aromatic carbocycles. The number of nitrogens with zero attached hydrogens (tertiary/aromatic N) is 1. The van der Waals surface area contributed by atoms with Gasteiger partial charge in [-0.3, -0.25) is 4.79 Å². The minimum Gasteiger partial charge on any atom is -0.468 e. The molecule has 4 nitrogen and oxygen atoms in total. The van der Waals surface area contributed by atoms with Crippen LogP contribution in [0.1, 0.15) is 28.0 Å². The second-order valence-corrected chi connectivity index (χ2v) is 5.74. The van der Waals surface area contributed by atoms with Crippen LogP contribution in [0, 0.1) is 0 Å². The molecule has 1 aliphatic heterocycles. The highest BCUT2D eigenvalue weighted by molar-refractivity contribution is 7.99. The predicted octanol–water partition coefficient (Wildman–Crippen LogP) is 3.19. The molecular formula is C14H15NO3S. The molecule has 0 unspecified atom stereocenters. The lowest BCUT2D eigenvalue weighted by atomic mass is 10.2. The third-order valence-electron chi connectivity index (χ3n) is 3.22. The first-order valence-electron chi connectivity index (χ1n) is 6.32. The summed E-state index contributed by atoms with van der Waals surface area (Å²) < 4.78 is 10.6. The standard InChI is InChI=1S/C14H15NO3S/c16-14(12-4-2-9-18-12)15-6-5-13(19-10-7-15)11-3-1-8-17-11/h1-4,8-9,13H,5-7,10H2/t13-/m0/s1. The van der Waals surface area contributed by atoms with Crippen molar-refractivity contribution >= 4 is 17.7 Å². The fourth-order valence-corrected chi connectivity index (χ4v) is 3.41. The van der Waals surface area contributed by atoms with Gasteiger partial charge in [-0.15, -0.1) is 11.8 Å². The first-order valence-corrected chi connectivity index (χ1v) is 7.37. The Balaban J connectivity index is 1.66. The van der Waals surface area contributed by atoms with E-state index in [-0.39, 0.29) is 5.91 Å². The molecular weight excluding hydrogens is 262 g/mol. The molecule has 5 heteroatoms. The van der Waals surface area contributed by atoms with Crippen molar-refractivity contribution in [1.82, 2.24) is 4.90 Å². The van der Waals surface area contributed by atoms with E-state index in [0.717, 1.165) is 31.0 Å². The first kappa shape index (κ1) is 12.4. The maximum atomic E-state index is 12.2. The molecule has 2 aromatic rings. The second kappa shape index (κ2) is 5.57. The van der Waals surface area contributed by atoms with E-state index < -0.39 is 0 Å². The monoisotopic (exact) mass is 277 g/mol. The van der Waals surface area contributed by atoms with E-state index >= 15 is 0 Å². The molecule has 0 bridgehead atoms. The van der Waals surface area contributed by atoms with Crippen LogP contribution in [0.25, 0.3) is 0 Å². The summed E-state index contributed by atoms with van der Waals surface area (Å²) in [4.78, 5) is 14.1. The topological polar surface area (TPSA) is 46.6 Å². The summed E-state index contributed by atoms with van der Waals surface area (Å²) in [5, 5.41) is 0.337. The van der Waals surface area contributed by atoms with Crippen molar-refractivity contribution in [2.24, 2.45) is 0 Å². The molecule has 3 rings (SSSR count). The van der Waals surface area contributed by atoms with E-state index in [0.29, 0.717) is 11.0 Å². The van der Waals surface area contributed by atoms with Crippen molar-refractivity contribution in [3.05, 3.63) is 48.3 Å². The molecule has 1 amide bonds. The highest BCUT2D eigenvalue weighted by atomic mass is 32.2. The summed E-state index contributed by atoms with van der Waals surface area (Å²) in [5.74, 6) is 2.31. The Labute approximate surface area is 115 Å². The summed E-state index contributed by atoms with van der Waals surface area (Å²) in [6.45, 7) is 1.49. The smallest absolute Gasteiger partial charge is 0.289 e. The Bertz CT molecular complexity index is 521. The van der Waals surface area contributed by atoms with E-state index in [4.69, 9.17) is 8.83 Å². The zero-order chi connectivity index (χ0) is 13.1. The SMILES string of the molecule is O=C(c1ccco1)N1CCS[C@H](c2ccco2)CC1. The van der Waals surface area contributed by atoms with Gasteiger partial charge in [0, 0.05) is 18.8 Å². The normalized spacial score (nSPS) is 20.2. The van der Waals surface area contributed by atoms with Crippen LogP contribution in [0.5, 0.6) is 0 Å². The van der Waals surface area contributed by atoms with Gasteiger partial charge in [-0.25, -0.2) is 0 Å². The summed E-state index contributed by atoms with van der Waals surface area (Å²) >= 11 is 1.84. The van der Waals surface area contributed by atoms with Gasteiger partial charge in [0.1, 0.15) is 5.76 Å². The zero-order valence-corrected chi connectivity index (χ0v) is 11.3. The minimum absolute atomic E-state index is 0.0225. The van der Waals surface area contributed by atoms with E-state index in [1.165, 1.54) is 6.26 Å². The molecule has 0 spiro atoms. The third kappa shape index (κ3) is 2.71. The van der Waals surface area contributed by atoms with Crippen LogP contribution in [0.4, 0.5) is 0 Å². The highest BCUT2D eigenvalue weighted by Crippen LogP contribution is 2.34. The predicted molar refractivity (Wildman–Crippen MR) is 73.1 cm³/mol. The van der Waals surface area contributed by atoms with Gasteiger partial charge in [-0.2, -0.15) is 0 Å². The fourth-order valence-electron chi connectivity index (χ4n) is 2.23. The van der Waals surface area contributed by atoms with Crippen LogP contribution in [0.3, 0.4) is 0 Å². The molecule has 2 aromatic heterocycles. The number of carbonyl (C=O) groups is 1. The molecule has 100 valence electrons. The van der Waals surface area contributed by atoms with Crippen LogP contribution in [0.15, 0.2) is 45.6 Å². The number of hydrogen-bond acceptors (Lipinski definition) is 4. The fraction of sp³-hybridized carbons (Fsp3) is 0.357. The van der Waals surface area contributed by atoms with Gasteiger partial charge in [0.15, 0.2) is 5.76 Å². The second-order valence-electron chi connectivity index (χ2n) is 4.43. The van der Waals surface area contributed by atoms with Gasteiger partial charge in [-0.05, 0) is 30.7 Å². The maximum absolute atomic E-state index is 12.2. The first-order chi connectivity index (χ1) is 9.34. The van der Waals surface area contributed by atoms with Crippen LogP contribution >= 0.6 is 11.8 Å². The summed E-state index contributed by atoms with van der Waals surface area (Å²) in [6.07, 6.45) is 4.14. The molecule has 1 saturated heterocycles. The lowest BCUT2D eigenvalue weighted by Gasteiger charge is -2.18. The van der Waals surface area contributed by atoms with E-state index in [9.17, 15) is 4.79 Å². The van der Waals surface area contributed by atoms with Crippen molar-refractivity contribution in [3.8, 4) is 0 Å². The summed E-state index contributed by atoms with van der Waals surface area (Å²) in [7, 11) is 0. The van der Waals surface area contributed by atoms with E-state index in [2.05, 4.69) is 0 Å². The Morgan fingerprint density at radius 2 is 2.05 bits per heavy atom. The molecule has 19 heavy (non-hydrogen) atoms. The Morgan fingerprint density at radius 3 is 2.79 bits per heavy atom. The molecule has 1 fully saturated rings. The molecule has 0 radical (unpaired) electrons. The molecule has 1 atom stereocenters. The Morgan fingerprint density at radius 1 is 1.21 bits per heavy atom. The van der Waals surface area contributed by atoms with E-state index in [1.807, 2.05) is 28.8 Å². The van der Waals surface area contributed by atoms with Gasteiger partial charge in [0.05, 0.1) is 17.8 Å². The van der Waals surface area contributed by atoms with Crippen LogP contribution in [0.2, 0.25) is 0 Å². The molecule has 3 heterocycles. The van der Waals surface area contributed by atoms with Crippen molar-refractivity contribution in [1.29, 1.82) is 0 Å². The highest BCUT2D eigenvalue weighted by Gasteiger charge is 2.25. The number of rotatable bonds is 2. The average molecular weight is 277 g/mol. The van der Waals surface area contributed by atoms with Crippen LogP contribution in [-0.4, -0.2) is 29.6 Å². The van der Waals surface area contributed by atoms with Crippen molar-refractivity contribution < 1.29 is 13.6 Å². The van der Waals surface area contributed by atoms with Gasteiger partial charge in [0.2, 0.25) is 0 Å². The van der Waals surface area contributed by atoms with Gasteiger partial charge >= 0.3 is 0 Å². The lowest BCUT2D eigenvalue weighted by molar-refractivity contribution is 0.0734. The minimum atomic E-state index is -0.0225. The molecule has 1 aliphatic rings. The van der Waals surface area contributed by atoms with Crippen molar-refractivity contribution in [2.75, 3.05) is 18.8 Å². The largest absolute Gasteiger partial charge is 0.468 e. The van der Waals surface area contributed by atoms with Gasteiger partial charge < -0.3 is 13.7 Å². The Kier molecular flexibility index (Phi) is 3.64. The number of furan rings is 2. The maximum Gasteiger partial charge on any atom is 0.289 e. The number of thioether (sulfide) groups is 1. The number of carbonyl (C=O) groups excluding carboxylic acids is 1. The van der Waals surface area contributed by atoms with E-state index in [1.54, 1.807) is 18.4 Å². The summed E-state index contributed by atoms with van der Waals surface area (Å²) in [6, 6.07) is 7.37. The zero-order valence-electron chi connectivity index (χ0n) is 10.5. The molecule has 0 saturated carbocycles. The van der Waals surface area contributed by atoms with Crippen molar-refractivity contribution in [3.63, 3.8) is 0 Å². The average Bonchev–Trinajstić information content (AvgIpc) is 3.08. The Hall–Kier alpha value is -1.62.